The van der Waals surface area contributed by atoms with Gasteiger partial charge in [-0.3, -0.25) is 0 Å². The van der Waals surface area contributed by atoms with Crippen LogP contribution in [0.2, 0.25) is 0 Å². The second-order valence-electron chi connectivity index (χ2n) is 6.58. The van der Waals surface area contributed by atoms with Gasteiger partial charge in [0.25, 0.3) is 0 Å². The van der Waals surface area contributed by atoms with Crippen LogP contribution < -0.4 is 0 Å². The van der Waals surface area contributed by atoms with Crippen LogP contribution in [0.1, 0.15) is 36.7 Å². The smallest absolute Gasteiger partial charge is 0.335 e. The van der Waals surface area contributed by atoms with Gasteiger partial charge in [0.15, 0.2) is 0 Å². The molecular formula is C16H23NO2. The number of nitrogens with zero attached hydrogens (tertiary/aromatic N) is 1. The molecular weight excluding hydrogens is 238 g/mol. The molecule has 3 heteroatoms. The number of likely N-dealkylation sites (tertiary alicyclic amines) is 1. The molecule has 0 bridgehead atoms. The first-order valence-electron chi connectivity index (χ1n) is 6.91. The number of benzene rings is 1. The Labute approximate surface area is 115 Å². The molecule has 0 spiro atoms. The number of carbonyl (C=O) groups is 1. The number of aromatic carboxylic acids is 1. The van der Waals surface area contributed by atoms with E-state index in [-0.39, 0.29) is 0 Å². The average Bonchev–Trinajstić information content (AvgIpc) is 2.25. The molecule has 0 radical (unpaired) electrons. The molecule has 1 aliphatic heterocycles. The molecule has 104 valence electrons. The van der Waals surface area contributed by atoms with Gasteiger partial charge in [0.05, 0.1) is 5.56 Å². The standard InChI is InChI=1S/C16H23NO2/c1-16(2,3)14-10-17(11-14)8-7-12-5-4-6-13(9-12)15(18)19/h4-6,9,14H,7-8,10-11H2,1-3H3,(H,18,19). The van der Waals surface area contributed by atoms with Crippen molar-refractivity contribution >= 4 is 5.97 Å². The Kier molecular flexibility index (Phi) is 3.95. The Bertz CT molecular complexity index is 456. The van der Waals surface area contributed by atoms with Crippen LogP contribution in [0.5, 0.6) is 0 Å². The van der Waals surface area contributed by atoms with E-state index in [0.717, 1.165) is 24.4 Å². The number of carboxylic acid groups (broad SMARTS) is 1. The van der Waals surface area contributed by atoms with Gasteiger partial charge >= 0.3 is 5.97 Å². The van der Waals surface area contributed by atoms with E-state index < -0.39 is 5.97 Å². The first kappa shape index (κ1) is 14.1. The minimum Gasteiger partial charge on any atom is -0.478 e. The number of hydrogen-bond donors (Lipinski definition) is 1. The fourth-order valence-corrected chi connectivity index (χ4v) is 2.45. The largest absolute Gasteiger partial charge is 0.478 e. The minimum atomic E-state index is -0.849. The lowest BCUT2D eigenvalue weighted by molar-refractivity contribution is 0.0259. The summed E-state index contributed by atoms with van der Waals surface area (Å²) >= 11 is 0. The third-order valence-electron chi connectivity index (χ3n) is 4.07. The third kappa shape index (κ3) is 3.57. The maximum atomic E-state index is 10.9. The molecule has 1 heterocycles. The van der Waals surface area contributed by atoms with E-state index in [9.17, 15) is 4.79 Å². The highest BCUT2D eigenvalue weighted by Crippen LogP contribution is 2.33. The summed E-state index contributed by atoms with van der Waals surface area (Å²) in [6.07, 6.45) is 0.929. The highest BCUT2D eigenvalue weighted by Gasteiger charge is 2.35. The Morgan fingerprint density at radius 1 is 1.37 bits per heavy atom. The SMILES string of the molecule is CC(C)(C)C1CN(CCc2cccc(C(=O)O)c2)C1. The summed E-state index contributed by atoms with van der Waals surface area (Å²) < 4.78 is 0. The third-order valence-corrected chi connectivity index (χ3v) is 4.07. The second-order valence-corrected chi connectivity index (χ2v) is 6.58. The normalized spacial score (nSPS) is 17.2. The maximum Gasteiger partial charge on any atom is 0.335 e. The summed E-state index contributed by atoms with van der Waals surface area (Å²) in [6.45, 7) is 10.3. The zero-order valence-electron chi connectivity index (χ0n) is 12.0. The highest BCUT2D eigenvalue weighted by atomic mass is 16.4. The molecule has 1 fully saturated rings. The predicted octanol–water partition coefficient (Wildman–Crippen LogP) is 2.91. The van der Waals surface area contributed by atoms with Crippen LogP contribution in [-0.4, -0.2) is 35.6 Å². The van der Waals surface area contributed by atoms with Crippen LogP contribution in [-0.2, 0) is 6.42 Å². The molecule has 0 amide bonds. The van der Waals surface area contributed by atoms with Gasteiger partial charge in [-0.15, -0.1) is 0 Å². The lowest BCUT2D eigenvalue weighted by atomic mass is 9.76. The van der Waals surface area contributed by atoms with Crippen molar-refractivity contribution in [3.63, 3.8) is 0 Å². The lowest BCUT2D eigenvalue weighted by Crippen LogP contribution is -2.52. The Morgan fingerprint density at radius 3 is 2.63 bits per heavy atom. The molecule has 0 aliphatic carbocycles. The summed E-state index contributed by atoms with van der Waals surface area (Å²) in [4.78, 5) is 13.3. The molecule has 3 nitrogen and oxygen atoms in total. The van der Waals surface area contributed by atoms with Gasteiger partial charge in [-0.1, -0.05) is 32.9 Å². The van der Waals surface area contributed by atoms with E-state index in [1.54, 1.807) is 12.1 Å². The van der Waals surface area contributed by atoms with Gasteiger partial charge in [-0.05, 0) is 35.4 Å². The molecule has 1 aromatic rings. The number of hydrogen-bond acceptors (Lipinski definition) is 2. The van der Waals surface area contributed by atoms with E-state index in [1.165, 1.54) is 13.1 Å². The van der Waals surface area contributed by atoms with Gasteiger partial charge in [-0.2, -0.15) is 0 Å². The minimum absolute atomic E-state index is 0.383. The Hall–Kier alpha value is -1.35. The van der Waals surface area contributed by atoms with Crippen molar-refractivity contribution in [1.82, 2.24) is 4.90 Å². The zero-order chi connectivity index (χ0) is 14.0. The molecule has 1 aromatic carbocycles. The zero-order valence-corrected chi connectivity index (χ0v) is 12.0. The van der Waals surface area contributed by atoms with E-state index in [0.29, 0.717) is 11.0 Å². The second kappa shape index (κ2) is 5.33. The van der Waals surface area contributed by atoms with Crippen molar-refractivity contribution in [2.45, 2.75) is 27.2 Å². The molecule has 19 heavy (non-hydrogen) atoms. The van der Waals surface area contributed by atoms with E-state index in [1.807, 2.05) is 12.1 Å². The fourth-order valence-electron chi connectivity index (χ4n) is 2.45. The quantitative estimate of drug-likeness (QED) is 0.906. The average molecular weight is 261 g/mol. The number of carboxylic acids is 1. The molecule has 1 N–H and O–H groups in total. The van der Waals surface area contributed by atoms with Gasteiger partial charge in [0.2, 0.25) is 0 Å². The molecule has 2 rings (SSSR count). The van der Waals surface area contributed by atoms with Gasteiger partial charge < -0.3 is 10.0 Å². The van der Waals surface area contributed by atoms with Crippen LogP contribution >= 0.6 is 0 Å². The van der Waals surface area contributed by atoms with Crippen LogP contribution in [0, 0.1) is 11.3 Å². The van der Waals surface area contributed by atoms with Gasteiger partial charge in [0, 0.05) is 19.6 Å². The van der Waals surface area contributed by atoms with Crippen LogP contribution in [0.25, 0.3) is 0 Å². The Morgan fingerprint density at radius 2 is 2.05 bits per heavy atom. The fraction of sp³-hybridized carbons (Fsp3) is 0.562. The summed E-state index contributed by atoms with van der Waals surface area (Å²) in [5.74, 6) is -0.0588. The van der Waals surface area contributed by atoms with Crippen molar-refractivity contribution < 1.29 is 9.90 Å². The molecule has 0 saturated carbocycles. The van der Waals surface area contributed by atoms with Crippen molar-refractivity contribution in [3.8, 4) is 0 Å². The summed E-state index contributed by atoms with van der Waals surface area (Å²) in [7, 11) is 0. The summed E-state index contributed by atoms with van der Waals surface area (Å²) in [5.41, 5.74) is 1.90. The first-order chi connectivity index (χ1) is 8.86. The van der Waals surface area contributed by atoms with Crippen molar-refractivity contribution in [2.75, 3.05) is 19.6 Å². The van der Waals surface area contributed by atoms with Crippen molar-refractivity contribution in [3.05, 3.63) is 35.4 Å². The summed E-state index contributed by atoms with van der Waals surface area (Å²) in [5, 5.41) is 8.96. The van der Waals surface area contributed by atoms with Gasteiger partial charge in [0.1, 0.15) is 0 Å². The lowest BCUT2D eigenvalue weighted by Gasteiger charge is -2.46. The monoisotopic (exact) mass is 261 g/mol. The summed E-state index contributed by atoms with van der Waals surface area (Å²) in [6, 6.07) is 7.26. The molecule has 1 aliphatic rings. The van der Waals surface area contributed by atoms with Crippen molar-refractivity contribution in [1.29, 1.82) is 0 Å². The van der Waals surface area contributed by atoms with Crippen LogP contribution in [0.4, 0.5) is 0 Å². The van der Waals surface area contributed by atoms with E-state index in [4.69, 9.17) is 5.11 Å². The maximum absolute atomic E-state index is 10.9. The molecule has 1 saturated heterocycles. The van der Waals surface area contributed by atoms with Crippen LogP contribution in [0.15, 0.2) is 24.3 Å². The van der Waals surface area contributed by atoms with E-state index in [2.05, 4.69) is 25.7 Å². The van der Waals surface area contributed by atoms with Crippen LogP contribution in [0.3, 0.4) is 0 Å². The molecule has 0 atom stereocenters. The molecule has 0 aromatic heterocycles. The van der Waals surface area contributed by atoms with E-state index >= 15 is 0 Å². The predicted molar refractivity (Wildman–Crippen MR) is 76.5 cm³/mol. The molecule has 0 unspecified atom stereocenters. The van der Waals surface area contributed by atoms with Crippen molar-refractivity contribution in [2.24, 2.45) is 11.3 Å². The first-order valence-corrected chi connectivity index (χ1v) is 6.91. The topological polar surface area (TPSA) is 40.5 Å². The number of rotatable bonds is 4. The highest BCUT2D eigenvalue weighted by molar-refractivity contribution is 5.87. The van der Waals surface area contributed by atoms with Gasteiger partial charge in [-0.25, -0.2) is 4.79 Å². The Balaban J connectivity index is 1.81.